The Labute approximate surface area is 117 Å². The number of carbonyl (C=O) groups excluding carboxylic acids is 1. The summed E-state index contributed by atoms with van der Waals surface area (Å²) < 4.78 is 6.97. The van der Waals surface area contributed by atoms with Crippen molar-refractivity contribution in [1.29, 1.82) is 0 Å². The fraction of sp³-hybridized carbons (Fsp3) is 0.357. The molecule has 2 aromatic rings. The summed E-state index contributed by atoms with van der Waals surface area (Å²) >= 11 is 0. The monoisotopic (exact) mass is 274 g/mol. The number of hydrogen-bond acceptors (Lipinski definition) is 4. The van der Waals surface area contributed by atoms with Gasteiger partial charge in [0.05, 0.1) is 18.9 Å². The van der Waals surface area contributed by atoms with Crippen molar-refractivity contribution in [2.24, 2.45) is 0 Å². The number of benzene rings is 1. The van der Waals surface area contributed by atoms with E-state index in [0.717, 1.165) is 18.5 Å². The van der Waals surface area contributed by atoms with E-state index in [-0.39, 0.29) is 5.91 Å². The molecule has 0 radical (unpaired) electrons. The second-order valence-corrected chi connectivity index (χ2v) is 4.43. The number of amides is 1. The number of ether oxygens (including phenoxy) is 1. The molecule has 1 aromatic carbocycles. The smallest absolute Gasteiger partial charge is 0.255 e. The molecule has 1 amide bonds. The Morgan fingerprint density at radius 1 is 1.45 bits per heavy atom. The molecule has 0 aliphatic carbocycles. The molecule has 6 heteroatoms. The predicted octanol–water partition coefficient (Wildman–Crippen LogP) is 1.42. The van der Waals surface area contributed by atoms with Gasteiger partial charge in [0.1, 0.15) is 5.75 Å². The predicted molar refractivity (Wildman–Crippen MR) is 74.7 cm³/mol. The lowest BCUT2D eigenvalue weighted by Gasteiger charge is -2.11. The van der Waals surface area contributed by atoms with E-state index in [4.69, 9.17) is 4.74 Å². The Morgan fingerprint density at radius 2 is 2.30 bits per heavy atom. The van der Waals surface area contributed by atoms with E-state index in [1.165, 1.54) is 0 Å². The van der Waals surface area contributed by atoms with Crippen molar-refractivity contribution >= 4 is 5.91 Å². The van der Waals surface area contributed by atoms with Crippen molar-refractivity contribution in [2.75, 3.05) is 13.7 Å². The number of hydrogen-bond donors (Lipinski definition) is 1. The summed E-state index contributed by atoms with van der Waals surface area (Å²) in [6, 6.07) is 5.56. The van der Waals surface area contributed by atoms with Gasteiger partial charge >= 0.3 is 0 Å². The van der Waals surface area contributed by atoms with Crippen LogP contribution in [0, 0.1) is 6.92 Å². The van der Waals surface area contributed by atoms with Crippen LogP contribution in [-0.2, 0) is 6.54 Å². The average molecular weight is 274 g/mol. The number of methoxy groups -OCH3 is 1. The summed E-state index contributed by atoms with van der Waals surface area (Å²) in [6.07, 6.45) is 4.23. The lowest BCUT2D eigenvalue weighted by atomic mass is 10.1. The molecule has 0 fully saturated rings. The summed E-state index contributed by atoms with van der Waals surface area (Å²) in [5, 5.41) is 10.5. The zero-order valence-corrected chi connectivity index (χ0v) is 11.7. The third kappa shape index (κ3) is 3.34. The third-order valence-electron chi connectivity index (χ3n) is 3.00. The molecule has 0 aliphatic heterocycles. The fourth-order valence-electron chi connectivity index (χ4n) is 1.99. The Hall–Kier alpha value is -2.37. The second-order valence-electron chi connectivity index (χ2n) is 4.43. The maximum atomic E-state index is 12.2. The van der Waals surface area contributed by atoms with Gasteiger partial charge in [-0.25, -0.2) is 0 Å². The standard InChI is InChI=1S/C14H18N4O2/c1-11-5-3-6-12(20-2)13(11)14(19)15-7-4-9-18-10-8-16-17-18/h3,5-6,8,10H,4,7,9H2,1-2H3,(H,15,19). The third-order valence-corrected chi connectivity index (χ3v) is 3.00. The van der Waals surface area contributed by atoms with Crippen molar-refractivity contribution in [1.82, 2.24) is 20.3 Å². The van der Waals surface area contributed by atoms with Crippen LogP contribution >= 0.6 is 0 Å². The van der Waals surface area contributed by atoms with Gasteiger partial charge in [-0.05, 0) is 25.0 Å². The Balaban J connectivity index is 1.89. The first kappa shape index (κ1) is 14.0. The molecule has 0 aliphatic rings. The van der Waals surface area contributed by atoms with E-state index in [2.05, 4.69) is 15.6 Å². The molecule has 2 rings (SSSR count). The van der Waals surface area contributed by atoms with Crippen molar-refractivity contribution in [2.45, 2.75) is 19.9 Å². The lowest BCUT2D eigenvalue weighted by molar-refractivity contribution is 0.0949. The largest absolute Gasteiger partial charge is 0.496 e. The molecule has 1 aromatic heterocycles. The number of rotatable bonds is 6. The summed E-state index contributed by atoms with van der Waals surface area (Å²) in [4.78, 5) is 12.2. The van der Waals surface area contributed by atoms with Gasteiger partial charge in [0, 0.05) is 19.3 Å². The highest BCUT2D eigenvalue weighted by Crippen LogP contribution is 2.21. The molecule has 106 valence electrons. The second kappa shape index (κ2) is 6.70. The first-order valence-electron chi connectivity index (χ1n) is 6.48. The van der Waals surface area contributed by atoms with E-state index >= 15 is 0 Å². The zero-order chi connectivity index (χ0) is 14.4. The average Bonchev–Trinajstić information content (AvgIpc) is 2.96. The Bertz CT molecular complexity index is 567. The fourth-order valence-corrected chi connectivity index (χ4v) is 1.99. The van der Waals surface area contributed by atoms with Crippen LogP contribution in [0.25, 0.3) is 0 Å². The number of nitrogens with one attached hydrogen (secondary N) is 1. The quantitative estimate of drug-likeness (QED) is 0.809. The molecule has 20 heavy (non-hydrogen) atoms. The van der Waals surface area contributed by atoms with Gasteiger partial charge in [-0.15, -0.1) is 5.10 Å². The zero-order valence-electron chi connectivity index (χ0n) is 11.7. The van der Waals surface area contributed by atoms with E-state index in [0.29, 0.717) is 17.9 Å². The van der Waals surface area contributed by atoms with E-state index < -0.39 is 0 Å². The highest BCUT2D eigenvalue weighted by Gasteiger charge is 2.14. The number of nitrogens with zero attached hydrogens (tertiary/aromatic N) is 3. The highest BCUT2D eigenvalue weighted by molar-refractivity contribution is 5.98. The Morgan fingerprint density at radius 3 is 3.00 bits per heavy atom. The van der Waals surface area contributed by atoms with Gasteiger partial charge in [0.15, 0.2) is 0 Å². The van der Waals surface area contributed by atoms with Crippen molar-refractivity contribution in [3.8, 4) is 5.75 Å². The van der Waals surface area contributed by atoms with Crippen molar-refractivity contribution in [3.05, 3.63) is 41.7 Å². The van der Waals surface area contributed by atoms with Crippen LogP contribution < -0.4 is 10.1 Å². The van der Waals surface area contributed by atoms with Crippen LogP contribution in [0.15, 0.2) is 30.6 Å². The minimum atomic E-state index is -0.112. The van der Waals surface area contributed by atoms with Crippen LogP contribution in [0.4, 0.5) is 0 Å². The molecule has 6 nitrogen and oxygen atoms in total. The molecule has 0 saturated heterocycles. The number of carbonyl (C=O) groups is 1. The molecule has 0 spiro atoms. The first-order valence-corrected chi connectivity index (χ1v) is 6.48. The molecular formula is C14H18N4O2. The van der Waals surface area contributed by atoms with E-state index in [9.17, 15) is 4.79 Å². The van der Waals surface area contributed by atoms with E-state index in [1.807, 2.05) is 19.1 Å². The van der Waals surface area contributed by atoms with Gasteiger partial charge in [0.2, 0.25) is 0 Å². The van der Waals surface area contributed by atoms with Gasteiger partial charge in [-0.3, -0.25) is 9.48 Å². The summed E-state index contributed by atoms with van der Waals surface area (Å²) in [5.41, 5.74) is 1.49. The Kier molecular flexibility index (Phi) is 4.70. The topological polar surface area (TPSA) is 69.0 Å². The van der Waals surface area contributed by atoms with Crippen molar-refractivity contribution in [3.63, 3.8) is 0 Å². The van der Waals surface area contributed by atoms with Crippen LogP contribution in [0.1, 0.15) is 22.3 Å². The maximum absolute atomic E-state index is 12.2. The number of aromatic nitrogens is 3. The minimum Gasteiger partial charge on any atom is -0.496 e. The van der Waals surface area contributed by atoms with Crippen molar-refractivity contribution < 1.29 is 9.53 Å². The van der Waals surface area contributed by atoms with E-state index in [1.54, 1.807) is 30.3 Å². The minimum absolute atomic E-state index is 0.112. The van der Waals surface area contributed by atoms with Crippen LogP contribution in [0.3, 0.4) is 0 Å². The lowest BCUT2D eigenvalue weighted by Crippen LogP contribution is -2.26. The van der Waals surface area contributed by atoms with Gasteiger partial charge < -0.3 is 10.1 Å². The van der Waals surface area contributed by atoms with Gasteiger partial charge in [-0.2, -0.15) is 0 Å². The molecule has 0 saturated carbocycles. The summed E-state index contributed by atoms with van der Waals surface area (Å²) in [7, 11) is 1.57. The molecule has 0 unspecified atom stereocenters. The first-order chi connectivity index (χ1) is 9.72. The molecule has 0 atom stereocenters. The van der Waals surface area contributed by atoms with Crippen LogP contribution in [0.2, 0.25) is 0 Å². The normalized spacial score (nSPS) is 10.3. The van der Waals surface area contributed by atoms with Crippen LogP contribution in [0.5, 0.6) is 5.75 Å². The molecule has 0 bridgehead atoms. The molecular weight excluding hydrogens is 256 g/mol. The van der Waals surface area contributed by atoms with Crippen LogP contribution in [-0.4, -0.2) is 34.6 Å². The molecule has 1 heterocycles. The maximum Gasteiger partial charge on any atom is 0.255 e. The molecule has 1 N–H and O–H groups in total. The highest BCUT2D eigenvalue weighted by atomic mass is 16.5. The summed E-state index contributed by atoms with van der Waals surface area (Å²) in [5.74, 6) is 0.484. The SMILES string of the molecule is COc1cccc(C)c1C(=O)NCCCn1ccnn1. The summed E-state index contributed by atoms with van der Waals surface area (Å²) in [6.45, 7) is 3.20. The number of aryl methyl sites for hydroxylation is 2. The van der Waals surface area contributed by atoms with Gasteiger partial charge in [0.25, 0.3) is 5.91 Å². The van der Waals surface area contributed by atoms with Gasteiger partial charge in [-0.1, -0.05) is 17.3 Å².